The number of ketones is 1. The van der Waals surface area contributed by atoms with E-state index in [1.54, 1.807) is 25.1 Å². The first kappa shape index (κ1) is 16.2. The molecule has 1 amide bonds. The molecule has 0 saturated heterocycles. The number of carbonyl (C=O) groups excluding carboxylic acids is 2. The second kappa shape index (κ2) is 7.75. The molecular weight excluding hydrogens is 346 g/mol. The van der Waals surface area contributed by atoms with E-state index >= 15 is 0 Å². The lowest BCUT2D eigenvalue weighted by Gasteiger charge is -2.11. The van der Waals surface area contributed by atoms with Crippen LogP contribution in [0.5, 0.6) is 0 Å². The van der Waals surface area contributed by atoms with E-state index in [2.05, 4.69) is 21.2 Å². The van der Waals surface area contributed by atoms with E-state index < -0.39 is 6.09 Å². The van der Waals surface area contributed by atoms with Gasteiger partial charge in [-0.05, 0) is 27.6 Å². The van der Waals surface area contributed by atoms with Crippen molar-refractivity contribution in [3.8, 4) is 0 Å². The minimum absolute atomic E-state index is 0.00757. The number of amides is 1. The van der Waals surface area contributed by atoms with Crippen LogP contribution >= 0.6 is 15.9 Å². The van der Waals surface area contributed by atoms with Crippen molar-refractivity contribution in [3.05, 3.63) is 64.1 Å². The van der Waals surface area contributed by atoms with Crippen LogP contribution < -0.4 is 5.32 Å². The molecule has 0 radical (unpaired) electrons. The summed E-state index contributed by atoms with van der Waals surface area (Å²) >= 11 is 3.36. The average Bonchev–Trinajstić information content (AvgIpc) is 2.55. The highest BCUT2D eigenvalue weighted by Gasteiger charge is 2.13. The summed E-state index contributed by atoms with van der Waals surface area (Å²) in [6.07, 6.45) is -0.161. The van der Waals surface area contributed by atoms with Gasteiger partial charge in [-0.15, -0.1) is 0 Å². The zero-order valence-electron chi connectivity index (χ0n) is 12.1. The number of nitrogens with one attached hydrogen (secondary N) is 1. The second-order valence-electron chi connectivity index (χ2n) is 4.63. The number of hydrogen-bond donors (Lipinski definition) is 1. The molecule has 0 saturated carbocycles. The predicted molar refractivity (Wildman–Crippen MR) is 89.0 cm³/mol. The van der Waals surface area contributed by atoms with E-state index in [-0.39, 0.29) is 12.4 Å². The smallest absolute Gasteiger partial charge is 0.411 e. The van der Waals surface area contributed by atoms with E-state index in [0.29, 0.717) is 22.1 Å². The van der Waals surface area contributed by atoms with Gasteiger partial charge in [-0.3, -0.25) is 10.1 Å². The van der Waals surface area contributed by atoms with Crippen molar-refractivity contribution >= 4 is 33.5 Å². The molecular formula is C17H16BrNO3. The zero-order valence-corrected chi connectivity index (χ0v) is 13.7. The Bertz CT molecular complexity index is 671. The summed E-state index contributed by atoms with van der Waals surface area (Å²) in [5.41, 5.74) is 1.97. The molecule has 0 aliphatic rings. The number of hydrogen-bond acceptors (Lipinski definition) is 3. The zero-order chi connectivity index (χ0) is 15.9. The van der Waals surface area contributed by atoms with Crippen LogP contribution in [0.25, 0.3) is 0 Å². The van der Waals surface area contributed by atoms with Gasteiger partial charge in [-0.2, -0.15) is 0 Å². The van der Waals surface area contributed by atoms with Crippen LogP contribution in [0.2, 0.25) is 0 Å². The lowest BCUT2D eigenvalue weighted by atomic mass is 10.1. The monoisotopic (exact) mass is 361 g/mol. The van der Waals surface area contributed by atoms with E-state index in [0.717, 1.165) is 5.56 Å². The summed E-state index contributed by atoms with van der Waals surface area (Å²) in [7, 11) is 0. The van der Waals surface area contributed by atoms with Gasteiger partial charge in [0.1, 0.15) is 6.61 Å². The van der Waals surface area contributed by atoms with E-state index in [1.165, 1.54) is 0 Å². The molecule has 4 nitrogen and oxygen atoms in total. The van der Waals surface area contributed by atoms with Gasteiger partial charge in [0.05, 0.1) is 10.2 Å². The molecule has 0 spiro atoms. The molecule has 0 atom stereocenters. The quantitative estimate of drug-likeness (QED) is 0.778. The Morgan fingerprint density at radius 1 is 1.09 bits per heavy atom. The van der Waals surface area contributed by atoms with Gasteiger partial charge >= 0.3 is 6.09 Å². The molecule has 0 aromatic heterocycles. The topological polar surface area (TPSA) is 55.4 Å². The summed E-state index contributed by atoms with van der Waals surface area (Å²) in [6, 6.07) is 14.6. The van der Waals surface area contributed by atoms with Gasteiger partial charge < -0.3 is 4.74 Å². The summed E-state index contributed by atoms with van der Waals surface area (Å²) in [5, 5.41) is 2.64. The molecule has 0 heterocycles. The molecule has 5 heteroatoms. The number of Topliss-reactive ketones (excluding diaryl/α,β-unsaturated/α-hetero) is 1. The predicted octanol–water partition coefficient (Wildman–Crippen LogP) is 4.79. The first-order valence-corrected chi connectivity index (χ1v) is 7.70. The molecule has 1 N–H and O–H groups in total. The van der Waals surface area contributed by atoms with Gasteiger partial charge in [0.15, 0.2) is 5.78 Å². The van der Waals surface area contributed by atoms with E-state index in [9.17, 15) is 9.59 Å². The summed E-state index contributed by atoms with van der Waals surface area (Å²) in [4.78, 5) is 23.7. The number of benzene rings is 2. The van der Waals surface area contributed by atoms with Crippen LogP contribution in [-0.2, 0) is 11.3 Å². The molecule has 0 bridgehead atoms. The third-order valence-electron chi connectivity index (χ3n) is 3.07. The van der Waals surface area contributed by atoms with Crippen molar-refractivity contribution in [2.75, 3.05) is 5.32 Å². The largest absolute Gasteiger partial charge is 0.444 e. The maximum atomic E-state index is 11.8. The number of rotatable bonds is 5. The molecule has 114 valence electrons. The Morgan fingerprint density at radius 2 is 1.82 bits per heavy atom. The number of anilines is 1. The van der Waals surface area contributed by atoms with Gasteiger partial charge in [0.25, 0.3) is 0 Å². The van der Waals surface area contributed by atoms with Gasteiger partial charge in [0, 0.05) is 12.0 Å². The Kier molecular flexibility index (Phi) is 5.72. The van der Waals surface area contributed by atoms with Crippen LogP contribution in [0.15, 0.2) is 53.0 Å². The molecule has 2 rings (SSSR count). The lowest BCUT2D eigenvalue weighted by Crippen LogP contribution is -2.14. The molecule has 0 aliphatic heterocycles. The standard InChI is InChI=1S/C17H16BrNO3/c1-2-15(20)13-9-6-10-14(16(13)18)19-17(21)22-11-12-7-4-3-5-8-12/h3-10H,2,11H2,1H3,(H,19,21). The Hall–Kier alpha value is -2.14. The van der Waals surface area contributed by atoms with Crippen molar-refractivity contribution < 1.29 is 14.3 Å². The number of halogens is 1. The fourth-order valence-electron chi connectivity index (χ4n) is 1.90. The SMILES string of the molecule is CCC(=O)c1cccc(NC(=O)OCc2ccccc2)c1Br. The van der Waals surface area contributed by atoms with E-state index in [1.807, 2.05) is 30.3 Å². The highest BCUT2D eigenvalue weighted by molar-refractivity contribution is 9.10. The Labute approximate surface area is 137 Å². The van der Waals surface area contributed by atoms with Crippen LogP contribution in [0.1, 0.15) is 29.3 Å². The first-order chi connectivity index (χ1) is 10.6. The average molecular weight is 362 g/mol. The van der Waals surface area contributed by atoms with Crippen molar-refractivity contribution in [1.82, 2.24) is 0 Å². The van der Waals surface area contributed by atoms with Crippen molar-refractivity contribution in [3.63, 3.8) is 0 Å². The highest BCUT2D eigenvalue weighted by Crippen LogP contribution is 2.27. The molecule has 0 unspecified atom stereocenters. The molecule has 2 aromatic rings. The molecule has 22 heavy (non-hydrogen) atoms. The van der Waals surface area contributed by atoms with E-state index in [4.69, 9.17) is 4.74 Å². The highest BCUT2D eigenvalue weighted by atomic mass is 79.9. The first-order valence-electron chi connectivity index (χ1n) is 6.91. The van der Waals surface area contributed by atoms with Crippen LogP contribution in [0.4, 0.5) is 10.5 Å². The summed E-state index contributed by atoms with van der Waals surface area (Å²) in [5.74, 6) is 0.00757. The number of carbonyl (C=O) groups is 2. The van der Waals surface area contributed by atoms with Crippen molar-refractivity contribution in [1.29, 1.82) is 0 Å². The van der Waals surface area contributed by atoms with Crippen molar-refractivity contribution in [2.24, 2.45) is 0 Å². The molecule has 0 aliphatic carbocycles. The van der Waals surface area contributed by atoms with Crippen LogP contribution in [0, 0.1) is 0 Å². The summed E-state index contributed by atoms with van der Waals surface area (Å²) in [6.45, 7) is 1.99. The number of ether oxygens (including phenoxy) is 1. The third kappa shape index (κ3) is 4.18. The van der Waals surface area contributed by atoms with Crippen LogP contribution in [-0.4, -0.2) is 11.9 Å². The van der Waals surface area contributed by atoms with Crippen molar-refractivity contribution in [2.45, 2.75) is 20.0 Å². The Morgan fingerprint density at radius 3 is 2.50 bits per heavy atom. The van der Waals surface area contributed by atoms with Gasteiger partial charge in [-0.1, -0.05) is 49.4 Å². The molecule has 0 fully saturated rings. The lowest BCUT2D eigenvalue weighted by molar-refractivity contribution is 0.0987. The van der Waals surface area contributed by atoms with Crippen LogP contribution in [0.3, 0.4) is 0 Å². The fourth-order valence-corrected chi connectivity index (χ4v) is 2.49. The maximum absolute atomic E-state index is 11.8. The second-order valence-corrected chi connectivity index (χ2v) is 5.42. The van der Waals surface area contributed by atoms with Gasteiger partial charge in [0.2, 0.25) is 0 Å². The fraction of sp³-hybridized carbons (Fsp3) is 0.176. The van der Waals surface area contributed by atoms with Gasteiger partial charge in [-0.25, -0.2) is 4.79 Å². The third-order valence-corrected chi connectivity index (χ3v) is 3.92. The summed E-state index contributed by atoms with van der Waals surface area (Å²) < 4.78 is 5.73. The molecule has 2 aromatic carbocycles. The maximum Gasteiger partial charge on any atom is 0.411 e. The normalized spacial score (nSPS) is 10.1. The minimum atomic E-state index is -0.564. The minimum Gasteiger partial charge on any atom is -0.444 e. The Balaban J connectivity index is 2.01.